The molecule has 1 atom stereocenters. The molecule has 0 bridgehead atoms. The molecule has 1 fully saturated rings. The Labute approximate surface area is 173 Å². The molecule has 0 radical (unpaired) electrons. The predicted molar refractivity (Wildman–Crippen MR) is 112 cm³/mol. The molecule has 0 saturated carbocycles. The third kappa shape index (κ3) is 3.63. The fraction of sp³-hybridized carbons (Fsp3) is 0.348. The summed E-state index contributed by atoms with van der Waals surface area (Å²) < 4.78 is 11.8. The predicted octanol–water partition coefficient (Wildman–Crippen LogP) is 3.29. The van der Waals surface area contributed by atoms with Crippen molar-refractivity contribution < 1.29 is 18.7 Å². The summed E-state index contributed by atoms with van der Waals surface area (Å²) in [6.45, 7) is 2.68. The van der Waals surface area contributed by atoms with Crippen molar-refractivity contribution in [2.45, 2.75) is 25.8 Å². The van der Waals surface area contributed by atoms with E-state index in [1.165, 1.54) is 4.57 Å². The number of fused-ring (bicyclic) bond motifs is 1. The Bertz CT molecular complexity index is 1120. The van der Waals surface area contributed by atoms with Gasteiger partial charge in [-0.1, -0.05) is 12.1 Å². The number of hydrogen-bond acceptors (Lipinski definition) is 5. The van der Waals surface area contributed by atoms with Crippen molar-refractivity contribution in [2.24, 2.45) is 5.92 Å². The maximum absolute atomic E-state index is 13.0. The van der Waals surface area contributed by atoms with Crippen molar-refractivity contribution in [1.82, 2.24) is 9.47 Å². The lowest BCUT2D eigenvalue weighted by atomic mass is 9.88. The normalized spacial score (nSPS) is 15.9. The second-order valence-electron chi connectivity index (χ2n) is 7.57. The number of carbonyl (C=O) groups is 2. The number of aromatic nitrogens is 1. The fourth-order valence-electron chi connectivity index (χ4n) is 4.08. The first-order chi connectivity index (χ1) is 14.5. The van der Waals surface area contributed by atoms with Gasteiger partial charge in [-0.25, -0.2) is 4.79 Å². The zero-order valence-electron chi connectivity index (χ0n) is 17.0. The van der Waals surface area contributed by atoms with Crippen LogP contribution in [0.1, 0.15) is 36.2 Å². The number of ketones is 1. The third-order valence-electron chi connectivity index (χ3n) is 5.82. The van der Waals surface area contributed by atoms with Crippen LogP contribution in [0.25, 0.3) is 11.1 Å². The number of Topliss-reactive ketones (excluding diaryl/α,β-unsaturated/α-hetero) is 1. The van der Waals surface area contributed by atoms with Crippen LogP contribution in [0.15, 0.2) is 57.7 Å². The molecule has 2 heterocycles. The maximum Gasteiger partial charge on any atom is 0.420 e. The molecule has 1 aromatic heterocycles. The molecule has 7 heteroatoms. The summed E-state index contributed by atoms with van der Waals surface area (Å²) in [6, 6.07) is 13.5. The monoisotopic (exact) mass is 408 g/mol. The standard InChI is InChI=1S/C23H24N2O5/c1-15(25-19-5-3-4-6-20(19)30-23(25)28)22(27)24-13-11-17(12-14-24)21(26)16-7-9-18(29-2)10-8-16/h3-10,15,17H,11-14H2,1-2H3. The fourth-order valence-corrected chi connectivity index (χ4v) is 4.08. The molecule has 0 spiro atoms. The Morgan fingerprint density at radius 3 is 2.40 bits per heavy atom. The van der Waals surface area contributed by atoms with Crippen LogP contribution < -0.4 is 10.5 Å². The first kappa shape index (κ1) is 19.9. The van der Waals surface area contributed by atoms with Crippen LogP contribution in [-0.4, -0.2) is 41.4 Å². The zero-order valence-corrected chi connectivity index (χ0v) is 17.0. The second kappa shape index (κ2) is 8.18. The Kier molecular flexibility index (Phi) is 5.44. The molecule has 1 aliphatic rings. The van der Waals surface area contributed by atoms with Gasteiger partial charge < -0.3 is 14.1 Å². The minimum atomic E-state index is -0.671. The molecule has 1 unspecified atom stereocenters. The highest BCUT2D eigenvalue weighted by molar-refractivity contribution is 5.98. The molecule has 3 aromatic rings. The van der Waals surface area contributed by atoms with Gasteiger partial charge in [-0.2, -0.15) is 0 Å². The molecule has 156 valence electrons. The lowest BCUT2D eigenvalue weighted by Crippen LogP contribution is -2.44. The van der Waals surface area contributed by atoms with Crippen molar-refractivity contribution >= 4 is 22.8 Å². The molecule has 30 heavy (non-hydrogen) atoms. The lowest BCUT2D eigenvalue weighted by Gasteiger charge is -2.33. The van der Waals surface area contributed by atoms with Crippen LogP contribution in [0, 0.1) is 5.92 Å². The van der Waals surface area contributed by atoms with Crippen molar-refractivity contribution in [2.75, 3.05) is 20.2 Å². The van der Waals surface area contributed by atoms with E-state index in [-0.39, 0.29) is 17.6 Å². The average molecular weight is 408 g/mol. The van der Waals surface area contributed by atoms with Crippen LogP contribution in [0.4, 0.5) is 0 Å². The van der Waals surface area contributed by atoms with Gasteiger partial charge in [-0.05, 0) is 56.2 Å². The van der Waals surface area contributed by atoms with E-state index in [9.17, 15) is 14.4 Å². The molecule has 1 amide bonds. The number of amides is 1. The average Bonchev–Trinajstić information content (AvgIpc) is 3.13. The highest BCUT2D eigenvalue weighted by Crippen LogP contribution is 2.25. The molecule has 1 saturated heterocycles. The summed E-state index contributed by atoms with van der Waals surface area (Å²) in [5, 5.41) is 0. The van der Waals surface area contributed by atoms with E-state index in [1.807, 2.05) is 0 Å². The number of nitrogens with zero attached hydrogens (tertiary/aromatic N) is 2. The van der Waals surface area contributed by atoms with E-state index in [2.05, 4.69) is 0 Å². The highest BCUT2D eigenvalue weighted by Gasteiger charge is 2.31. The maximum atomic E-state index is 13.0. The van der Waals surface area contributed by atoms with Gasteiger partial charge >= 0.3 is 5.76 Å². The molecule has 0 aliphatic carbocycles. The summed E-state index contributed by atoms with van der Waals surface area (Å²) in [5.41, 5.74) is 1.73. The number of carbonyl (C=O) groups excluding carboxylic acids is 2. The van der Waals surface area contributed by atoms with Crippen LogP contribution >= 0.6 is 0 Å². The lowest BCUT2D eigenvalue weighted by molar-refractivity contribution is -0.135. The molecule has 1 aliphatic heterocycles. The number of benzene rings is 2. The van der Waals surface area contributed by atoms with E-state index in [1.54, 1.807) is 67.5 Å². The van der Waals surface area contributed by atoms with Gasteiger partial charge in [0, 0.05) is 24.6 Å². The van der Waals surface area contributed by atoms with E-state index in [0.717, 1.165) is 0 Å². The second-order valence-corrected chi connectivity index (χ2v) is 7.57. The Hall–Kier alpha value is -3.35. The van der Waals surface area contributed by atoms with Crippen molar-refractivity contribution in [3.05, 3.63) is 64.6 Å². The van der Waals surface area contributed by atoms with Gasteiger partial charge in [0.25, 0.3) is 0 Å². The number of para-hydroxylation sites is 2. The quantitative estimate of drug-likeness (QED) is 0.605. The summed E-state index contributed by atoms with van der Waals surface area (Å²) in [7, 11) is 1.59. The molecular weight excluding hydrogens is 384 g/mol. The van der Waals surface area contributed by atoms with E-state index in [0.29, 0.717) is 48.3 Å². The number of rotatable bonds is 5. The molecule has 0 N–H and O–H groups in total. The molecular formula is C23H24N2O5. The number of piperidine rings is 1. The largest absolute Gasteiger partial charge is 0.497 e. The van der Waals surface area contributed by atoms with Crippen molar-refractivity contribution in [3.63, 3.8) is 0 Å². The van der Waals surface area contributed by atoms with Gasteiger partial charge in [0.15, 0.2) is 11.4 Å². The van der Waals surface area contributed by atoms with Crippen LogP contribution in [0.3, 0.4) is 0 Å². The smallest absolute Gasteiger partial charge is 0.420 e. The Morgan fingerprint density at radius 2 is 1.73 bits per heavy atom. The Balaban J connectivity index is 1.43. The topological polar surface area (TPSA) is 81.8 Å². The summed E-state index contributed by atoms with van der Waals surface area (Å²) >= 11 is 0. The van der Waals surface area contributed by atoms with Crippen LogP contribution in [-0.2, 0) is 4.79 Å². The number of oxazole rings is 1. The SMILES string of the molecule is COc1ccc(C(=O)C2CCN(C(=O)C(C)n3c(=O)oc4ccccc43)CC2)cc1. The summed E-state index contributed by atoms with van der Waals surface area (Å²) in [6.07, 6.45) is 1.20. The van der Waals surface area contributed by atoms with Gasteiger partial charge in [0.2, 0.25) is 5.91 Å². The summed E-state index contributed by atoms with van der Waals surface area (Å²) in [4.78, 5) is 39.8. The molecule has 7 nitrogen and oxygen atoms in total. The van der Waals surface area contributed by atoms with E-state index < -0.39 is 11.8 Å². The first-order valence-corrected chi connectivity index (χ1v) is 10.1. The highest BCUT2D eigenvalue weighted by atomic mass is 16.5. The number of methoxy groups -OCH3 is 1. The zero-order chi connectivity index (χ0) is 21.3. The minimum Gasteiger partial charge on any atom is -0.497 e. The van der Waals surface area contributed by atoms with Gasteiger partial charge in [-0.3, -0.25) is 14.2 Å². The van der Waals surface area contributed by atoms with Gasteiger partial charge in [0.05, 0.1) is 12.6 Å². The van der Waals surface area contributed by atoms with Crippen molar-refractivity contribution in [3.8, 4) is 5.75 Å². The molecule has 4 rings (SSSR count). The molecule has 2 aromatic carbocycles. The first-order valence-electron chi connectivity index (χ1n) is 10.1. The Morgan fingerprint density at radius 1 is 1.07 bits per heavy atom. The van der Waals surface area contributed by atoms with Crippen LogP contribution in [0.5, 0.6) is 5.75 Å². The summed E-state index contributed by atoms with van der Waals surface area (Å²) in [5.74, 6) is 0.00802. The third-order valence-corrected chi connectivity index (χ3v) is 5.82. The van der Waals surface area contributed by atoms with E-state index in [4.69, 9.17) is 9.15 Å². The van der Waals surface area contributed by atoms with Crippen molar-refractivity contribution in [1.29, 1.82) is 0 Å². The van der Waals surface area contributed by atoms with Crippen LogP contribution in [0.2, 0.25) is 0 Å². The number of likely N-dealkylation sites (tertiary alicyclic amines) is 1. The minimum absolute atomic E-state index is 0.0925. The number of hydrogen-bond donors (Lipinski definition) is 0. The number of ether oxygens (including phenoxy) is 1. The van der Waals surface area contributed by atoms with Gasteiger partial charge in [0.1, 0.15) is 11.8 Å². The van der Waals surface area contributed by atoms with Gasteiger partial charge in [-0.15, -0.1) is 0 Å². The van der Waals surface area contributed by atoms with E-state index >= 15 is 0 Å².